The van der Waals surface area contributed by atoms with Crippen LogP contribution in [0.15, 0.2) is 10.8 Å². The standard InChI is InChI=1S/C7H9FO2S2/c1-6-4-11-5-7(6)2-3-12(8,9)10/h4-5H,2-3H2,1H3. The van der Waals surface area contributed by atoms with Gasteiger partial charge in [0.2, 0.25) is 0 Å². The van der Waals surface area contributed by atoms with E-state index in [2.05, 4.69) is 0 Å². The summed E-state index contributed by atoms with van der Waals surface area (Å²) in [5.41, 5.74) is 1.95. The van der Waals surface area contributed by atoms with Gasteiger partial charge < -0.3 is 0 Å². The minimum atomic E-state index is -4.31. The second-order valence-electron chi connectivity index (χ2n) is 2.57. The Morgan fingerprint density at radius 1 is 1.50 bits per heavy atom. The summed E-state index contributed by atoms with van der Waals surface area (Å²) in [7, 11) is -4.31. The fraction of sp³-hybridized carbons (Fsp3) is 0.429. The van der Waals surface area contributed by atoms with Crippen LogP contribution >= 0.6 is 11.3 Å². The Morgan fingerprint density at radius 3 is 2.58 bits per heavy atom. The molecule has 12 heavy (non-hydrogen) atoms. The van der Waals surface area contributed by atoms with Gasteiger partial charge >= 0.3 is 10.2 Å². The van der Waals surface area contributed by atoms with Crippen LogP contribution in [0.5, 0.6) is 0 Å². The summed E-state index contributed by atoms with van der Waals surface area (Å²) < 4.78 is 32.4. The van der Waals surface area contributed by atoms with Crippen LogP contribution in [0.2, 0.25) is 0 Å². The van der Waals surface area contributed by atoms with Gasteiger partial charge in [-0.25, -0.2) is 0 Å². The van der Waals surface area contributed by atoms with E-state index in [0.717, 1.165) is 11.1 Å². The molecule has 0 aromatic carbocycles. The van der Waals surface area contributed by atoms with Crippen molar-refractivity contribution in [3.63, 3.8) is 0 Å². The first-order valence-corrected chi connectivity index (χ1v) is 5.92. The van der Waals surface area contributed by atoms with Gasteiger partial charge in [0.1, 0.15) is 0 Å². The third kappa shape index (κ3) is 2.91. The van der Waals surface area contributed by atoms with E-state index in [4.69, 9.17) is 0 Å². The van der Waals surface area contributed by atoms with Gasteiger partial charge in [-0.05, 0) is 35.2 Å². The van der Waals surface area contributed by atoms with Crippen molar-refractivity contribution in [1.82, 2.24) is 0 Å². The smallest absolute Gasteiger partial charge is 0.195 e. The first-order chi connectivity index (χ1) is 5.49. The fourth-order valence-electron chi connectivity index (χ4n) is 0.875. The Balaban J connectivity index is 2.61. The number of hydrogen-bond acceptors (Lipinski definition) is 3. The van der Waals surface area contributed by atoms with Crippen molar-refractivity contribution in [2.24, 2.45) is 0 Å². The Morgan fingerprint density at radius 2 is 2.17 bits per heavy atom. The van der Waals surface area contributed by atoms with Gasteiger partial charge in [-0.1, -0.05) is 0 Å². The number of aryl methyl sites for hydroxylation is 2. The van der Waals surface area contributed by atoms with Crippen LogP contribution in [-0.4, -0.2) is 14.2 Å². The van der Waals surface area contributed by atoms with Gasteiger partial charge in [0, 0.05) is 0 Å². The molecule has 1 aromatic rings. The Labute approximate surface area is 75.3 Å². The van der Waals surface area contributed by atoms with Gasteiger partial charge in [-0.15, -0.1) is 3.89 Å². The Kier molecular flexibility index (Phi) is 2.85. The molecule has 0 spiro atoms. The molecular formula is C7H9FO2S2. The first kappa shape index (κ1) is 9.67. The summed E-state index contributed by atoms with van der Waals surface area (Å²) in [5, 5.41) is 3.76. The van der Waals surface area contributed by atoms with E-state index >= 15 is 0 Å². The molecule has 0 saturated heterocycles. The van der Waals surface area contributed by atoms with E-state index in [-0.39, 0.29) is 6.42 Å². The molecule has 0 saturated carbocycles. The van der Waals surface area contributed by atoms with E-state index in [1.54, 1.807) is 0 Å². The van der Waals surface area contributed by atoms with Crippen LogP contribution in [0.25, 0.3) is 0 Å². The molecule has 1 rings (SSSR count). The van der Waals surface area contributed by atoms with Crippen LogP contribution in [0.3, 0.4) is 0 Å². The maximum Gasteiger partial charge on any atom is 0.302 e. The van der Waals surface area contributed by atoms with Gasteiger partial charge in [0.05, 0.1) is 5.75 Å². The normalized spacial score (nSPS) is 11.8. The lowest BCUT2D eigenvalue weighted by atomic mass is 10.2. The highest BCUT2D eigenvalue weighted by Gasteiger charge is 2.08. The van der Waals surface area contributed by atoms with Gasteiger partial charge in [0.15, 0.2) is 0 Å². The second kappa shape index (κ2) is 3.53. The summed E-state index contributed by atoms with van der Waals surface area (Å²) >= 11 is 1.50. The third-order valence-corrected chi connectivity index (χ3v) is 3.18. The Bertz CT molecular complexity index is 353. The summed E-state index contributed by atoms with van der Waals surface area (Å²) in [4.78, 5) is 0. The zero-order valence-electron chi connectivity index (χ0n) is 6.58. The molecule has 2 nitrogen and oxygen atoms in total. The second-order valence-corrected chi connectivity index (χ2v) is 4.80. The minimum Gasteiger partial charge on any atom is -0.195 e. The van der Waals surface area contributed by atoms with Crippen molar-refractivity contribution in [2.75, 3.05) is 5.75 Å². The monoisotopic (exact) mass is 208 g/mol. The maximum absolute atomic E-state index is 12.1. The summed E-state index contributed by atoms with van der Waals surface area (Å²) in [6, 6.07) is 0. The quantitative estimate of drug-likeness (QED) is 0.711. The molecule has 0 unspecified atom stereocenters. The molecule has 1 heterocycles. The van der Waals surface area contributed by atoms with Crippen LogP contribution in [0.1, 0.15) is 11.1 Å². The van der Waals surface area contributed by atoms with Crippen LogP contribution < -0.4 is 0 Å². The fourth-order valence-corrected chi connectivity index (χ4v) is 2.23. The first-order valence-electron chi connectivity index (χ1n) is 3.43. The molecule has 0 aliphatic carbocycles. The van der Waals surface area contributed by atoms with E-state index in [0.29, 0.717) is 0 Å². The molecule has 5 heteroatoms. The van der Waals surface area contributed by atoms with Crippen molar-refractivity contribution < 1.29 is 12.3 Å². The summed E-state index contributed by atoms with van der Waals surface area (Å²) in [6.07, 6.45) is 0.272. The summed E-state index contributed by atoms with van der Waals surface area (Å²) in [6.45, 7) is 1.89. The van der Waals surface area contributed by atoms with Gasteiger partial charge in [0.25, 0.3) is 0 Å². The molecule has 0 bridgehead atoms. The van der Waals surface area contributed by atoms with E-state index < -0.39 is 16.0 Å². The average Bonchev–Trinajstić information content (AvgIpc) is 2.29. The number of hydrogen-bond donors (Lipinski definition) is 0. The van der Waals surface area contributed by atoms with E-state index in [1.165, 1.54) is 11.3 Å². The number of rotatable bonds is 3. The minimum absolute atomic E-state index is 0.272. The van der Waals surface area contributed by atoms with Gasteiger partial charge in [-0.3, -0.25) is 0 Å². The molecule has 0 aliphatic heterocycles. The zero-order valence-corrected chi connectivity index (χ0v) is 8.21. The van der Waals surface area contributed by atoms with E-state index in [9.17, 15) is 12.3 Å². The molecule has 68 valence electrons. The highest BCUT2D eigenvalue weighted by Crippen LogP contribution is 2.14. The van der Waals surface area contributed by atoms with Crippen LogP contribution in [0.4, 0.5) is 3.89 Å². The topological polar surface area (TPSA) is 34.1 Å². The van der Waals surface area contributed by atoms with Crippen molar-refractivity contribution in [3.8, 4) is 0 Å². The van der Waals surface area contributed by atoms with Crippen molar-refractivity contribution in [1.29, 1.82) is 0 Å². The zero-order chi connectivity index (χ0) is 9.19. The molecule has 0 fully saturated rings. The summed E-state index contributed by atoms with van der Waals surface area (Å²) in [5.74, 6) is -0.412. The molecule has 0 aliphatic rings. The lowest BCUT2D eigenvalue weighted by molar-refractivity contribution is 0.551. The largest absolute Gasteiger partial charge is 0.302 e. The highest BCUT2D eigenvalue weighted by molar-refractivity contribution is 7.86. The molecule has 0 N–H and O–H groups in total. The lowest BCUT2D eigenvalue weighted by Crippen LogP contribution is -2.01. The van der Waals surface area contributed by atoms with Crippen LogP contribution in [-0.2, 0) is 16.6 Å². The van der Waals surface area contributed by atoms with Crippen molar-refractivity contribution in [2.45, 2.75) is 13.3 Å². The lowest BCUT2D eigenvalue weighted by Gasteiger charge is -1.95. The molecule has 0 atom stereocenters. The predicted molar refractivity (Wildman–Crippen MR) is 47.7 cm³/mol. The SMILES string of the molecule is Cc1cscc1CCS(=O)(=O)F. The number of halogens is 1. The third-order valence-electron chi connectivity index (χ3n) is 1.58. The van der Waals surface area contributed by atoms with Crippen LogP contribution in [0, 0.1) is 6.92 Å². The van der Waals surface area contributed by atoms with Crippen molar-refractivity contribution >= 4 is 21.6 Å². The highest BCUT2D eigenvalue weighted by atomic mass is 32.3. The molecular weight excluding hydrogens is 199 g/mol. The molecule has 1 aromatic heterocycles. The predicted octanol–water partition coefficient (Wildman–Crippen LogP) is 1.90. The maximum atomic E-state index is 12.1. The van der Waals surface area contributed by atoms with Gasteiger partial charge in [-0.2, -0.15) is 19.8 Å². The number of thiophene rings is 1. The average molecular weight is 208 g/mol. The Hall–Kier alpha value is -0.420. The van der Waals surface area contributed by atoms with Crippen molar-refractivity contribution in [3.05, 3.63) is 21.9 Å². The molecule has 0 amide bonds. The van der Waals surface area contributed by atoms with E-state index in [1.807, 2.05) is 17.7 Å². The molecule has 0 radical (unpaired) electrons.